The molecule has 25 heavy (non-hydrogen) atoms. The van der Waals surface area contributed by atoms with Gasteiger partial charge in [-0.05, 0) is 45.1 Å². The summed E-state index contributed by atoms with van der Waals surface area (Å²) in [5, 5.41) is 5.81. The minimum Gasteiger partial charge on any atom is -0.347 e. The molecule has 6 nitrogen and oxygen atoms in total. The maximum absolute atomic E-state index is 12.4. The van der Waals surface area contributed by atoms with Crippen LogP contribution in [0, 0.1) is 0 Å². The van der Waals surface area contributed by atoms with Crippen molar-refractivity contribution >= 4 is 17.8 Å². The molecule has 0 aromatic heterocycles. The number of nitrogens with zero attached hydrogens (tertiary/aromatic N) is 1. The molecule has 3 rings (SSSR count). The lowest BCUT2D eigenvalue weighted by atomic mass is 9.71. The summed E-state index contributed by atoms with van der Waals surface area (Å²) in [6, 6.07) is 9.66. The predicted octanol–water partition coefficient (Wildman–Crippen LogP) is 2.29. The summed E-state index contributed by atoms with van der Waals surface area (Å²) < 4.78 is 0. The Hall–Kier alpha value is -2.37. The van der Waals surface area contributed by atoms with Crippen LogP contribution in [-0.2, 0) is 15.1 Å². The van der Waals surface area contributed by atoms with Gasteiger partial charge in [0.05, 0.1) is 5.54 Å². The molecule has 1 saturated carbocycles. The van der Waals surface area contributed by atoms with Crippen LogP contribution in [-0.4, -0.2) is 34.8 Å². The molecule has 0 spiro atoms. The third-order valence-electron chi connectivity index (χ3n) is 5.14. The molecule has 1 saturated heterocycles. The summed E-state index contributed by atoms with van der Waals surface area (Å²) >= 11 is 0. The van der Waals surface area contributed by atoms with Gasteiger partial charge in [0, 0.05) is 13.0 Å². The Morgan fingerprint density at radius 3 is 2.40 bits per heavy atom. The van der Waals surface area contributed by atoms with Crippen LogP contribution in [0.5, 0.6) is 0 Å². The number of hydrogen-bond donors (Lipinski definition) is 2. The largest absolute Gasteiger partial charge is 0.347 e. The molecule has 1 aromatic rings. The summed E-state index contributed by atoms with van der Waals surface area (Å²) in [6.45, 7) is 3.63. The maximum Gasteiger partial charge on any atom is 0.325 e. The number of amides is 4. The first kappa shape index (κ1) is 17.5. The third-order valence-corrected chi connectivity index (χ3v) is 5.14. The molecule has 2 aliphatic rings. The Morgan fingerprint density at radius 2 is 1.88 bits per heavy atom. The summed E-state index contributed by atoms with van der Waals surface area (Å²) in [6.07, 6.45) is 3.76. The number of imide groups is 1. The molecular formula is C19H25N3O3. The van der Waals surface area contributed by atoms with Gasteiger partial charge >= 0.3 is 6.03 Å². The number of benzene rings is 1. The van der Waals surface area contributed by atoms with Crippen LogP contribution >= 0.6 is 0 Å². The molecule has 0 atom stereocenters. The van der Waals surface area contributed by atoms with E-state index < -0.39 is 5.54 Å². The monoisotopic (exact) mass is 343 g/mol. The number of nitrogens with one attached hydrogen (secondary N) is 2. The molecule has 0 radical (unpaired) electrons. The van der Waals surface area contributed by atoms with Gasteiger partial charge in [-0.15, -0.1) is 0 Å². The molecule has 4 amide bonds. The van der Waals surface area contributed by atoms with E-state index in [1.165, 1.54) is 4.90 Å². The minimum absolute atomic E-state index is 0.0325. The second kappa shape index (κ2) is 6.50. The van der Waals surface area contributed by atoms with Crippen molar-refractivity contribution in [1.82, 2.24) is 15.5 Å². The van der Waals surface area contributed by atoms with E-state index in [0.717, 1.165) is 24.8 Å². The van der Waals surface area contributed by atoms with Crippen LogP contribution < -0.4 is 10.6 Å². The van der Waals surface area contributed by atoms with Crippen molar-refractivity contribution in [2.24, 2.45) is 0 Å². The zero-order valence-corrected chi connectivity index (χ0v) is 14.8. The zero-order valence-electron chi connectivity index (χ0n) is 14.8. The Morgan fingerprint density at radius 1 is 1.20 bits per heavy atom. The van der Waals surface area contributed by atoms with Crippen molar-refractivity contribution in [1.29, 1.82) is 0 Å². The standard InChI is InChI=1S/C19H25N3O3/c1-18(2)16(24)22(17(25)21-18)13-6-10-15(23)20-19(11-7-12-19)14-8-4-3-5-9-14/h3-5,8-9H,6-7,10-13H2,1-2H3,(H,20,23)(H,21,25). The normalized spacial score (nSPS) is 20.8. The topological polar surface area (TPSA) is 78.5 Å². The van der Waals surface area contributed by atoms with Crippen molar-refractivity contribution in [2.45, 2.75) is 57.0 Å². The first-order valence-corrected chi connectivity index (χ1v) is 8.85. The predicted molar refractivity (Wildman–Crippen MR) is 93.7 cm³/mol. The Bertz CT molecular complexity index is 680. The first-order chi connectivity index (χ1) is 11.8. The van der Waals surface area contributed by atoms with Crippen LogP contribution in [0.4, 0.5) is 4.79 Å². The highest BCUT2D eigenvalue weighted by atomic mass is 16.2. The van der Waals surface area contributed by atoms with E-state index in [4.69, 9.17) is 0 Å². The van der Waals surface area contributed by atoms with Gasteiger partial charge in [-0.3, -0.25) is 14.5 Å². The van der Waals surface area contributed by atoms with E-state index in [1.807, 2.05) is 18.2 Å². The Labute approximate surface area is 148 Å². The van der Waals surface area contributed by atoms with E-state index in [2.05, 4.69) is 22.8 Å². The summed E-state index contributed by atoms with van der Waals surface area (Å²) in [5.74, 6) is -0.271. The molecule has 134 valence electrons. The Kier molecular flexibility index (Phi) is 4.54. The number of rotatable bonds is 6. The van der Waals surface area contributed by atoms with E-state index in [0.29, 0.717) is 12.8 Å². The lowest BCUT2D eigenvalue weighted by Gasteiger charge is -2.43. The molecule has 6 heteroatoms. The lowest BCUT2D eigenvalue weighted by molar-refractivity contribution is -0.131. The van der Waals surface area contributed by atoms with Crippen molar-refractivity contribution in [3.05, 3.63) is 35.9 Å². The van der Waals surface area contributed by atoms with Gasteiger partial charge in [0.15, 0.2) is 0 Å². The quantitative estimate of drug-likeness (QED) is 0.778. The highest BCUT2D eigenvalue weighted by Gasteiger charge is 2.44. The van der Waals surface area contributed by atoms with Crippen LogP contribution in [0.1, 0.15) is 51.5 Å². The molecule has 1 heterocycles. The fourth-order valence-electron chi connectivity index (χ4n) is 3.52. The van der Waals surface area contributed by atoms with Crippen molar-refractivity contribution in [2.75, 3.05) is 6.54 Å². The van der Waals surface area contributed by atoms with E-state index in [9.17, 15) is 14.4 Å². The number of carbonyl (C=O) groups is 3. The smallest absolute Gasteiger partial charge is 0.325 e. The van der Waals surface area contributed by atoms with E-state index in [1.54, 1.807) is 13.8 Å². The lowest BCUT2D eigenvalue weighted by Crippen LogP contribution is -2.50. The van der Waals surface area contributed by atoms with Gasteiger partial charge < -0.3 is 10.6 Å². The molecule has 2 N–H and O–H groups in total. The molecule has 0 bridgehead atoms. The second-order valence-electron chi connectivity index (χ2n) is 7.47. The molecule has 2 fully saturated rings. The molecule has 0 unspecified atom stereocenters. The van der Waals surface area contributed by atoms with E-state index >= 15 is 0 Å². The van der Waals surface area contributed by atoms with Gasteiger partial charge in [-0.1, -0.05) is 30.3 Å². The maximum atomic E-state index is 12.4. The summed E-state index contributed by atoms with van der Waals surface area (Å²) in [7, 11) is 0. The molecule has 1 aliphatic heterocycles. The van der Waals surface area contributed by atoms with Crippen LogP contribution in [0.15, 0.2) is 30.3 Å². The van der Waals surface area contributed by atoms with Crippen LogP contribution in [0.2, 0.25) is 0 Å². The molecule has 1 aromatic carbocycles. The average molecular weight is 343 g/mol. The third kappa shape index (κ3) is 3.38. The van der Waals surface area contributed by atoms with Gasteiger partial charge in [0.2, 0.25) is 5.91 Å². The number of hydrogen-bond acceptors (Lipinski definition) is 3. The van der Waals surface area contributed by atoms with Crippen molar-refractivity contribution in [3.8, 4) is 0 Å². The fraction of sp³-hybridized carbons (Fsp3) is 0.526. The van der Waals surface area contributed by atoms with Crippen LogP contribution in [0.3, 0.4) is 0 Å². The fourth-order valence-corrected chi connectivity index (χ4v) is 3.52. The number of urea groups is 1. The van der Waals surface area contributed by atoms with Gasteiger partial charge in [-0.25, -0.2) is 4.79 Å². The van der Waals surface area contributed by atoms with Crippen molar-refractivity contribution < 1.29 is 14.4 Å². The SMILES string of the molecule is CC1(C)NC(=O)N(CCCC(=O)NC2(c3ccccc3)CCC2)C1=O. The summed E-state index contributed by atoms with van der Waals surface area (Å²) in [4.78, 5) is 37.5. The molecular weight excluding hydrogens is 318 g/mol. The van der Waals surface area contributed by atoms with Gasteiger partial charge in [0.1, 0.15) is 5.54 Å². The average Bonchev–Trinajstić information content (AvgIpc) is 2.73. The van der Waals surface area contributed by atoms with Gasteiger partial charge in [0.25, 0.3) is 5.91 Å². The minimum atomic E-state index is -0.858. The zero-order chi connectivity index (χ0) is 18.1. The molecule has 1 aliphatic carbocycles. The summed E-state index contributed by atoms with van der Waals surface area (Å²) in [5.41, 5.74) is 0.0366. The highest BCUT2D eigenvalue weighted by molar-refractivity contribution is 6.06. The first-order valence-electron chi connectivity index (χ1n) is 8.85. The second-order valence-corrected chi connectivity index (χ2v) is 7.47. The van der Waals surface area contributed by atoms with Gasteiger partial charge in [-0.2, -0.15) is 0 Å². The number of carbonyl (C=O) groups excluding carboxylic acids is 3. The van der Waals surface area contributed by atoms with E-state index in [-0.39, 0.29) is 29.9 Å². The Balaban J connectivity index is 1.52. The van der Waals surface area contributed by atoms with Crippen LogP contribution in [0.25, 0.3) is 0 Å². The van der Waals surface area contributed by atoms with Crippen molar-refractivity contribution in [3.63, 3.8) is 0 Å². The highest BCUT2D eigenvalue weighted by Crippen LogP contribution is 2.41.